The van der Waals surface area contributed by atoms with E-state index in [1.54, 1.807) is 13.8 Å². The summed E-state index contributed by atoms with van der Waals surface area (Å²) in [6, 6.07) is 0. The maximum atomic E-state index is 11.8. The van der Waals surface area contributed by atoms with Crippen molar-refractivity contribution in [2.24, 2.45) is 11.8 Å². The molecule has 4 heteroatoms. The number of carbonyl (C=O) groups is 2. The highest BCUT2D eigenvalue weighted by Gasteiger charge is 2.24. The van der Waals surface area contributed by atoms with Gasteiger partial charge in [0.05, 0.1) is 24.0 Å². The van der Waals surface area contributed by atoms with Crippen LogP contribution in [0.15, 0.2) is 0 Å². The number of esters is 2. The van der Waals surface area contributed by atoms with Crippen molar-refractivity contribution in [1.29, 1.82) is 0 Å². The van der Waals surface area contributed by atoms with Gasteiger partial charge in [-0.05, 0) is 33.1 Å². The lowest BCUT2D eigenvalue weighted by molar-refractivity contribution is -0.156. The van der Waals surface area contributed by atoms with Crippen molar-refractivity contribution in [2.45, 2.75) is 73.0 Å². The Morgan fingerprint density at radius 1 is 0.789 bits per heavy atom. The first kappa shape index (κ1) is 17.9. The Morgan fingerprint density at radius 2 is 1.11 bits per heavy atom. The van der Waals surface area contributed by atoms with E-state index in [-0.39, 0.29) is 36.0 Å². The van der Waals surface area contributed by atoms with Crippen molar-refractivity contribution in [3.8, 4) is 0 Å². The summed E-state index contributed by atoms with van der Waals surface area (Å²) in [5.41, 5.74) is 0. The van der Waals surface area contributed by atoms with Crippen LogP contribution in [0.4, 0.5) is 0 Å². The number of carbonyl (C=O) groups excluding carboxylic acids is 2. The van der Waals surface area contributed by atoms with E-state index in [4.69, 9.17) is 9.47 Å². The third-order valence-corrected chi connectivity index (χ3v) is 3.30. The van der Waals surface area contributed by atoms with Gasteiger partial charge in [-0.3, -0.25) is 9.59 Å². The molecule has 0 amide bonds. The smallest absolute Gasteiger partial charge is 0.308 e. The predicted molar refractivity (Wildman–Crippen MR) is 74.6 cm³/mol. The largest absolute Gasteiger partial charge is 0.462 e. The molecule has 0 aromatic rings. The molecule has 0 heterocycles. The number of hydrogen-bond acceptors (Lipinski definition) is 4. The summed E-state index contributed by atoms with van der Waals surface area (Å²) in [6.07, 6.45) is 1.91. The van der Waals surface area contributed by atoms with E-state index in [0.29, 0.717) is 6.42 Å². The number of ether oxygens (including phenoxy) is 2. The van der Waals surface area contributed by atoms with Crippen LogP contribution in [0.25, 0.3) is 0 Å². The highest BCUT2D eigenvalue weighted by Crippen LogP contribution is 2.17. The van der Waals surface area contributed by atoms with E-state index < -0.39 is 0 Å². The molecule has 0 aromatic heterocycles. The molecule has 0 saturated heterocycles. The molecule has 0 aliphatic carbocycles. The first-order chi connectivity index (χ1) is 8.81. The average Bonchev–Trinajstić information content (AvgIpc) is 2.37. The minimum absolute atomic E-state index is 0.0719. The third kappa shape index (κ3) is 7.19. The Bertz CT molecular complexity index is 260. The fourth-order valence-corrected chi connectivity index (χ4v) is 1.52. The molecule has 0 aliphatic heterocycles. The van der Waals surface area contributed by atoms with Crippen molar-refractivity contribution in [2.75, 3.05) is 0 Å². The van der Waals surface area contributed by atoms with Gasteiger partial charge in [0.1, 0.15) is 0 Å². The zero-order valence-electron chi connectivity index (χ0n) is 13.1. The van der Waals surface area contributed by atoms with Crippen LogP contribution in [-0.4, -0.2) is 24.1 Å². The lowest BCUT2D eigenvalue weighted by atomic mass is 9.97. The van der Waals surface area contributed by atoms with E-state index >= 15 is 0 Å². The van der Waals surface area contributed by atoms with Crippen LogP contribution in [-0.2, 0) is 19.1 Å². The van der Waals surface area contributed by atoms with E-state index in [1.807, 2.05) is 27.7 Å². The molecule has 0 N–H and O–H groups in total. The van der Waals surface area contributed by atoms with Gasteiger partial charge in [0.2, 0.25) is 0 Å². The van der Waals surface area contributed by atoms with Crippen LogP contribution >= 0.6 is 0 Å². The van der Waals surface area contributed by atoms with Gasteiger partial charge in [-0.2, -0.15) is 0 Å². The van der Waals surface area contributed by atoms with E-state index in [2.05, 4.69) is 0 Å². The molecule has 4 nitrogen and oxygen atoms in total. The zero-order valence-corrected chi connectivity index (χ0v) is 13.1. The fraction of sp³-hybridized carbons (Fsp3) is 0.867. The van der Waals surface area contributed by atoms with E-state index in [9.17, 15) is 9.59 Å². The quantitative estimate of drug-likeness (QED) is 0.636. The summed E-state index contributed by atoms with van der Waals surface area (Å²) in [5.74, 6) is -1.04. The van der Waals surface area contributed by atoms with Crippen LogP contribution in [0.3, 0.4) is 0 Å². The van der Waals surface area contributed by atoms with Crippen molar-refractivity contribution in [1.82, 2.24) is 0 Å². The van der Waals surface area contributed by atoms with Gasteiger partial charge in [-0.1, -0.05) is 27.7 Å². The molecule has 0 saturated carbocycles. The molecule has 0 spiro atoms. The minimum atomic E-state index is -0.284. The average molecular weight is 272 g/mol. The van der Waals surface area contributed by atoms with Crippen molar-refractivity contribution >= 4 is 11.9 Å². The van der Waals surface area contributed by atoms with Crippen molar-refractivity contribution in [3.63, 3.8) is 0 Å². The predicted octanol–water partition coefficient (Wildman–Crippen LogP) is 3.33. The molecule has 0 radical (unpaired) electrons. The Balaban J connectivity index is 4.20. The van der Waals surface area contributed by atoms with Gasteiger partial charge < -0.3 is 9.47 Å². The third-order valence-electron chi connectivity index (χ3n) is 3.30. The second-order valence-electron chi connectivity index (χ2n) is 5.35. The Morgan fingerprint density at radius 3 is 1.37 bits per heavy atom. The van der Waals surface area contributed by atoms with Crippen LogP contribution in [0.1, 0.15) is 60.8 Å². The summed E-state index contributed by atoms with van der Waals surface area (Å²) < 4.78 is 10.5. The van der Waals surface area contributed by atoms with Crippen molar-refractivity contribution < 1.29 is 19.1 Å². The highest BCUT2D eigenvalue weighted by atomic mass is 16.5. The normalized spacial score (nSPS) is 17.2. The minimum Gasteiger partial charge on any atom is -0.462 e. The van der Waals surface area contributed by atoms with Gasteiger partial charge in [-0.25, -0.2) is 0 Å². The lowest BCUT2D eigenvalue weighted by Crippen LogP contribution is -2.26. The van der Waals surface area contributed by atoms with Crippen LogP contribution < -0.4 is 0 Å². The standard InChI is InChI=1S/C15H28O4/c1-7-12(5)18-14(16)10(3)9-11(4)15(17)19-13(6)8-2/h10-13H,7-9H2,1-6H3. The Hall–Kier alpha value is -1.06. The SMILES string of the molecule is CCC(C)OC(=O)C(C)CC(C)C(=O)OC(C)CC. The summed E-state index contributed by atoms with van der Waals surface area (Å²) in [4.78, 5) is 23.5. The molecule has 0 aromatic carbocycles. The molecular formula is C15H28O4. The molecule has 0 aliphatic rings. The zero-order chi connectivity index (χ0) is 15.0. The second-order valence-corrected chi connectivity index (χ2v) is 5.35. The van der Waals surface area contributed by atoms with Crippen LogP contribution in [0.5, 0.6) is 0 Å². The van der Waals surface area contributed by atoms with E-state index in [1.165, 1.54) is 0 Å². The maximum Gasteiger partial charge on any atom is 0.308 e. The fourth-order valence-electron chi connectivity index (χ4n) is 1.52. The molecule has 19 heavy (non-hydrogen) atoms. The van der Waals surface area contributed by atoms with Gasteiger partial charge in [-0.15, -0.1) is 0 Å². The summed E-state index contributed by atoms with van der Waals surface area (Å²) in [7, 11) is 0. The number of rotatable bonds is 8. The summed E-state index contributed by atoms with van der Waals surface area (Å²) in [6.45, 7) is 11.2. The molecule has 112 valence electrons. The number of hydrogen-bond donors (Lipinski definition) is 0. The monoisotopic (exact) mass is 272 g/mol. The molecule has 4 unspecified atom stereocenters. The molecule has 0 rings (SSSR count). The van der Waals surface area contributed by atoms with Crippen LogP contribution in [0, 0.1) is 11.8 Å². The molecule has 0 fully saturated rings. The van der Waals surface area contributed by atoms with Crippen LogP contribution in [0.2, 0.25) is 0 Å². The Kier molecular flexibility index (Phi) is 8.44. The lowest BCUT2D eigenvalue weighted by Gasteiger charge is -2.19. The van der Waals surface area contributed by atoms with Gasteiger partial charge >= 0.3 is 11.9 Å². The van der Waals surface area contributed by atoms with Gasteiger partial charge in [0.25, 0.3) is 0 Å². The molecule has 0 bridgehead atoms. The summed E-state index contributed by atoms with van der Waals surface area (Å²) >= 11 is 0. The molecule has 4 atom stereocenters. The molecular weight excluding hydrogens is 244 g/mol. The van der Waals surface area contributed by atoms with E-state index in [0.717, 1.165) is 12.8 Å². The maximum absolute atomic E-state index is 11.8. The first-order valence-electron chi connectivity index (χ1n) is 7.22. The van der Waals surface area contributed by atoms with Gasteiger partial charge in [0, 0.05) is 0 Å². The Labute approximate surface area is 116 Å². The van der Waals surface area contributed by atoms with Gasteiger partial charge in [0.15, 0.2) is 0 Å². The first-order valence-corrected chi connectivity index (χ1v) is 7.22. The second kappa shape index (κ2) is 8.94. The van der Waals surface area contributed by atoms with Crippen molar-refractivity contribution in [3.05, 3.63) is 0 Å². The summed E-state index contributed by atoms with van der Waals surface area (Å²) in [5, 5.41) is 0. The highest BCUT2D eigenvalue weighted by molar-refractivity contribution is 5.75. The topological polar surface area (TPSA) is 52.6 Å².